The predicted molar refractivity (Wildman–Crippen MR) is 122 cm³/mol. The molecule has 0 unspecified atom stereocenters. The average molecular weight is 425 g/mol. The number of thiazole rings is 1. The van der Waals surface area contributed by atoms with Crippen molar-refractivity contribution in [2.75, 3.05) is 51.2 Å². The molecule has 0 spiro atoms. The van der Waals surface area contributed by atoms with Crippen LogP contribution in [0, 0.1) is 0 Å². The summed E-state index contributed by atoms with van der Waals surface area (Å²) in [5, 5.41) is 3.60. The van der Waals surface area contributed by atoms with E-state index in [1.165, 1.54) is 16.9 Å². The van der Waals surface area contributed by atoms with Crippen LogP contribution in [0.3, 0.4) is 0 Å². The molecule has 0 radical (unpaired) electrons. The number of rotatable bonds is 8. The second-order valence-electron chi connectivity index (χ2n) is 7.48. The third kappa shape index (κ3) is 5.56. The lowest BCUT2D eigenvalue weighted by molar-refractivity contribution is -0.117. The van der Waals surface area contributed by atoms with Crippen molar-refractivity contribution in [3.05, 3.63) is 54.1 Å². The van der Waals surface area contributed by atoms with E-state index in [4.69, 9.17) is 4.74 Å². The van der Waals surface area contributed by atoms with Crippen LogP contribution in [0.25, 0.3) is 10.2 Å². The van der Waals surface area contributed by atoms with E-state index in [0.717, 1.165) is 55.1 Å². The summed E-state index contributed by atoms with van der Waals surface area (Å²) >= 11 is 1.48. The van der Waals surface area contributed by atoms with Crippen LogP contribution < -0.4 is 10.1 Å². The highest BCUT2D eigenvalue weighted by Crippen LogP contribution is 2.29. The second kappa shape index (κ2) is 10.0. The van der Waals surface area contributed by atoms with Gasteiger partial charge in [0, 0.05) is 32.7 Å². The Balaban J connectivity index is 1.22. The Kier molecular flexibility index (Phi) is 6.94. The number of carbonyl (C=O) groups excluding carboxylic acids is 1. The van der Waals surface area contributed by atoms with Crippen molar-refractivity contribution in [2.45, 2.75) is 13.3 Å². The van der Waals surface area contributed by atoms with Crippen LogP contribution in [0.4, 0.5) is 5.13 Å². The summed E-state index contributed by atoms with van der Waals surface area (Å²) in [6, 6.07) is 16.4. The average Bonchev–Trinajstić information content (AvgIpc) is 3.15. The van der Waals surface area contributed by atoms with E-state index in [0.29, 0.717) is 18.3 Å². The topological polar surface area (TPSA) is 57.7 Å². The fraction of sp³-hybridized carbons (Fsp3) is 0.391. The molecule has 7 heteroatoms. The Morgan fingerprint density at radius 2 is 1.87 bits per heavy atom. The zero-order valence-electron chi connectivity index (χ0n) is 17.3. The monoisotopic (exact) mass is 424 g/mol. The SMILES string of the molecule is CCOc1ccc2nc(NC(=O)CN3CCN(CCc4ccccc4)CC3)sc2c1. The number of carbonyl (C=O) groups is 1. The number of aromatic nitrogens is 1. The highest BCUT2D eigenvalue weighted by molar-refractivity contribution is 7.22. The van der Waals surface area contributed by atoms with E-state index in [9.17, 15) is 4.79 Å². The van der Waals surface area contributed by atoms with Gasteiger partial charge in [-0.05, 0) is 37.1 Å². The maximum atomic E-state index is 12.5. The van der Waals surface area contributed by atoms with Gasteiger partial charge in [0.2, 0.25) is 5.91 Å². The molecule has 1 fully saturated rings. The van der Waals surface area contributed by atoms with E-state index in [1.54, 1.807) is 0 Å². The molecule has 2 heterocycles. The molecule has 0 atom stereocenters. The van der Waals surface area contributed by atoms with Gasteiger partial charge in [-0.25, -0.2) is 4.98 Å². The summed E-state index contributed by atoms with van der Waals surface area (Å²) in [5.74, 6) is 0.827. The van der Waals surface area contributed by atoms with E-state index in [1.807, 2.05) is 25.1 Å². The summed E-state index contributed by atoms with van der Waals surface area (Å²) in [6.07, 6.45) is 1.07. The van der Waals surface area contributed by atoms with Gasteiger partial charge in [-0.3, -0.25) is 9.69 Å². The Morgan fingerprint density at radius 3 is 2.63 bits per heavy atom. The van der Waals surface area contributed by atoms with Gasteiger partial charge >= 0.3 is 0 Å². The molecule has 1 N–H and O–H groups in total. The van der Waals surface area contributed by atoms with Crippen molar-refractivity contribution in [3.8, 4) is 5.75 Å². The second-order valence-corrected chi connectivity index (χ2v) is 8.51. The number of hydrogen-bond donors (Lipinski definition) is 1. The Morgan fingerprint density at radius 1 is 1.10 bits per heavy atom. The van der Waals surface area contributed by atoms with Gasteiger partial charge in [0.15, 0.2) is 5.13 Å². The van der Waals surface area contributed by atoms with E-state index in [2.05, 4.69) is 50.4 Å². The van der Waals surface area contributed by atoms with Gasteiger partial charge in [-0.15, -0.1) is 0 Å². The molecule has 4 rings (SSSR count). The molecule has 2 aromatic carbocycles. The van der Waals surface area contributed by atoms with Crippen molar-refractivity contribution in [1.29, 1.82) is 0 Å². The smallest absolute Gasteiger partial charge is 0.240 e. The molecule has 1 aliphatic heterocycles. The van der Waals surface area contributed by atoms with Crippen molar-refractivity contribution in [3.63, 3.8) is 0 Å². The van der Waals surface area contributed by atoms with E-state index >= 15 is 0 Å². The van der Waals surface area contributed by atoms with E-state index in [-0.39, 0.29) is 5.91 Å². The van der Waals surface area contributed by atoms with Gasteiger partial charge in [0.1, 0.15) is 5.75 Å². The summed E-state index contributed by atoms with van der Waals surface area (Å²) in [6.45, 7) is 7.91. The minimum absolute atomic E-state index is 0.00294. The summed E-state index contributed by atoms with van der Waals surface area (Å²) in [7, 11) is 0. The van der Waals surface area contributed by atoms with Crippen LogP contribution in [0.5, 0.6) is 5.75 Å². The molecule has 3 aromatic rings. The fourth-order valence-corrected chi connectivity index (χ4v) is 4.59. The molecular formula is C23H28N4O2S. The van der Waals surface area contributed by atoms with Gasteiger partial charge < -0.3 is 15.0 Å². The molecule has 0 saturated carbocycles. The van der Waals surface area contributed by atoms with Crippen LogP contribution in [-0.2, 0) is 11.2 Å². The summed E-state index contributed by atoms with van der Waals surface area (Å²) in [5.41, 5.74) is 2.26. The molecule has 0 bridgehead atoms. The molecule has 1 saturated heterocycles. The number of nitrogens with zero attached hydrogens (tertiary/aromatic N) is 3. The van der Waals surface area contributed by atoms with Crippen molar-refractivity contribution in [1.82, 2.24) is 14.8 Å². The summed E-state index contributed by atoms with van der Waals surface area (Å²) < 4.78 is 6.55. The zero-order valence-corrected chi connectivity index (χ0v) is 18.2. The molecule has 0 aliphatic carbocycles. The van der Waals surface area contributed by atoms with Gasteiger partial charge in [0.05, 0.1) is 23.4 Å². The number of fused-ring (bicyclic) bond motifs is 1. The van der Waals surface area contributed by atoms with Crippen molar-refractivity contribution >= 4 is 32.6 Å². The molecule has 1 aliphatic rings. The minimum Gasteiger partial charge on any atom is -0.494 e. The first-order chi connectivity index (χ1) is 14.7. The van der Waals surface area contributed by atoms with Gasteiger partial charge in [-0.1, -0.05) is 41.7 Å². The molecule has 30 heavy (non-hydrogen) atoms. The Labute approximate surface area is 181 Å². The lowest BCUT2D eigenvalue weighted by Gasteiger charge is -2.34. The van der Waals surface area contributed by atoms with Gasteiger partial charge in [-0.2, -0.15) is 0 Å². The van der Waals surface area contributed by atoms with Crippen LogP contribution in [-0.4, -0.2) is 66.6 Å². The maximum Gasteiger partial charge on any atom is 0.240 e. The fourth-order valence-electron chi connectivity index (χ4n) is 3.68. The van der Waals surface area contributed by atoms with Crippen LogP contribution in [0.2, 0.25) is 0 Å². The maximum absolute atomic E-state index is 12.5. The molecule has 158 valence electrons. The van der Waals surface area contributed by atoms with Crippen LogP contribution in [0.15, 0.2) is 48.5 Å². The van der Waals surface area contributed by atoms with E-state index < -0.39 is 0 Å². The third-order valence-electron chi connectivity index (χ3n) is 5.31. The third-order valence-corrected chi connectivity index (χ3v) is 6.24. The molecule has 1 aromatic heterocycles. The lowest BCUT2D eigenvalue weighted by atomic mass is 10.1. The number of amides is 1. The van der Waals surface area contributed by atoms with Crippen LogP contribution in [0.1, 0.15) is 12.5 Å². The molecule has 1 amide bonds. The quantitative estimate of drug-likeness (QED) is 0.600. The highest BCUT2D eigenvalue weighted by Gasteiger charge is 2.19. The number of hydrogen-bond acceptors (Lipinski definition) is 6. The zero-order chi connectivity index (χ0) is 20.8. The van der Waals surface area contributed by atoms with Crippen LogP contribution >= 0.6 is 11.3 Å². The Bertz CT molecular complexity index is 968. The first kappa shape index (κ1) is 20.8. The standard InChI is InChI=1S/C23H28N4O2S/c1-2-29-19-8-9-20-21(16-19)30-23(24-20)25-22(28)17-27-14-12-26(13-15-27)11-10-18-6-4-3-5-7-18/h3-9,16H,2,10-15,17H2,1H3,(H,24,25,28). The predicted octanol–water partition coefficient (Wildman–Crippen LogP) is 3.49. The normalized spacial score (nSPS) is 15.4. The Hall–Kier alpha value is -2.48. The largest absolute Gasteiger partial charge is 0.494 e. The number of benzene rings is 2. The van der Waals surface area contributed by atoms with Crippen molar-refractivity contribution in [2.24, 2.45) is 0 Å². The number of piperazine rings is 1. The first-order valence-corrected chi connectivity index (χ1v) is 11.3. The van der Waals surface area contributed by atoms with Gasteiger partial charge in [0.25, 0.3) is 0 Å². The number of nitrogens with one attached hydrogen (secondary N) is 1. The lowest BCUT2D eigenvalue weighted by Crippen LogP contribution is -2.49. The first-order valence-electron chi connectivity index (χ1n) is 10.5. The summed E-state index contributed by atoms with van der Waals surface area (Å²) in [4.78, 5) is 21.7. The minimum atomic E-state index is -0.00294. The number of anilines is 1. The molecule has 6 nitrogen and oxygen atoms in total. The highest BCUT2D eigenvalue weighted by atomic mass is 32.1. The van der Waals surface area contributed by atoms with Crippen molar-refractivity contribution < 1.29 is 9.53 Å². The molecular weight excluding hydrogens is 396 g/mol. The number of ether oxygens (including phenoxy) is 1.